The van der Waals surface area contributed by atoms with E-state index in [0.717, 1.165) is 24.1 Å². The minimum absolute atomic E-state index is 0.0255. The van der Waals surface area contributed by atoms with Crippen molar-refractivity contribution in [1.82, 2.24) is 19.7 Å². The molecule has 0 fully saturated rings. The predicted molar refractivity (Wildman–Crippen MR) is 104 cm³/mol. The molecule has 0 radical (unpaired) electrons. The number of pyridine rings is 1. The number of nitrogens with one attached hydrogen (secondary N) is 1. The van der Waals surface area contributed by atoms with Crippen LogP contribution in [-0.2, 0) is 4.79 Å². The minimum Gasteiger partial charge on any atom is -0.328 e. The Morgan fingerprint density at radius 2 is 2.00 bits per heavy atom. The van der Waals surface area contributed by atoms with Gasteiger partial charge in [-0.2, -0.15) is 4.98 Å². The fraction of sp³-hybridized carbons (Fsp3) is 0.200. The van der Waals surface area contributed by atoms with Crippen molar-refractivity contribution in [2.75, 3.05) is 5.32 Å². The quantitative estimate of drug-likeness (QED) is 0.541. The van der Waals surface area contributed by atoms with E-state index in [1.54, 1.807) is 29.2 Å². The van der Waals surface area contributed by atoms with Crippen LogP contribution in [0.25, 0.3) is 11.4 Å². The van der Waals surface area contributed by atoms with Crippen LogP contribution in [0.2, 0.25) is 0 Å². The molecule has 1 N–H and O–H groups in total. The zero-order valence-corrected chi connectivity index (χ0v) is 15.3. The topological polar surface area (TPSA) is 116 Å². The summed E-state index contributed by atoms with van der Waals surface area (Å²) in [7, 11) is 0. The van der Waals surface area contributed by atoms with E-state index in [0.29, 0.717) is 29.3 Å². The molecule has 9 nitrogen and oxygen atoms in total. The lowest BCUT2D eigenvalue weighted by atomic mass is 9.85. The number of anilines is 1. The second-order valence-corrected chi connectivity index (χ2v) is 6.99. The third-order valence-corrected chi connectivity index (χ3v) is 5.20. The van der Waals surface area contributed by atoms with Gasteiger partial charge in [-0.3, -0.25) is 19.9 Å². The molecule has 1 aromatic carbocycles. The van der Waals surface area contributed by atoms with Crippen molar-refractivity contribution in [2.45, 2.75) is 25.3 Å². The highest BCUT2D eigenvalue weighted by Gasteiger charge is 2.37. The summed E-state index contributed by atoms with van der Waals surface area (Å²) in [5, 5.41) is 19.2. The molecule has 2 aromatic heterocycles. The molecule has 2 aliphatic rings. The lowest BCUT2D eigenvalue weighted by molar-refractivity contribution is -0.384. The molecular weight excluding hydrogens is 372 g/mol. The van der Waals surface area contributed by atoms with Gasteiger partial charge < -0.3 is 5.32 Å². The maximum atomic E-state index is 12.8. The highest BCUT2D eigenvalue weighted by Crippen LogP contribution is 2.41. The van der Waals surface area contributed by atoms with Gasteiger partial charge in [0.25, 0.3) is 5.69 Å². The second kappa shape index (κ2) is 6.62. The van der Waals surface area contributed by atoms with Gasteiger partial charge in [-0.15, -0.1) is 5.10 Å². The molecule has 1 unspecified atom stereocenters. The normalized spacial score (nSPS) is 18.1. The van der Waals surface area contributed by atoms with Crippen LogP contribution in [0.1, 0.15) is 30.9 Å². The Kier molecular flexibility index (Phi) is 3.94. The van der Waals surface area contributed by atoms with Crippen LogP contribution in [0.4, 0.5) is 11.6 Å². The van der Waals surface area contributed by atoms with Gasteiger partial charge in [0.1, 0.15) is 6.04 Å². The first-order chi connectivity index (χ1) is 14.1. The molecule has 0 saturated heterocycles. The summed E-state index contributed by atoms with van der Waals surface area (Å²) in [6, 6.07) is 9.41. The van der Waals surface area contributed by atoms with Gasteiger partial charge in [0.2, 0.25) is 5.95 Å². The van der Waals surface area contributed by atoms with Crippen molar-refractivity contribution < 1.29 is 9.72 Å². The van der Waals surface area contributed by atoms with Crippen molar-refractivity contribution in [2.24, 2.45) is 0 Å². The smallest absolute Gasteiger partial charge is 0.269 e. The van der Waals surface area contributed by atoms with Crippen LogP contribution in [0, 0.1) is 10.1 Å². The van der Waals surface area contributed by atoms with E-state index in [2.05, 4.69) is 20.4 Å². The number of Topliss-reactive ketones (excluding diaryl/α,β-unsaturated/α-hetero) is 1. The van der Waals surface area contributed by atoms with Crippen LogP contribution in [0.15, 0.2) is 60.1 Å². The Morgan fingerprint density at radius 3 is 2.79 bits per heavy atom. The van der Waals surface area contributed by atoms with E-state index in [1.165, 1.54) is 12.1 Å². The number of benzene rings is 1. The fourth-order valence-electron chi connectivity index (χ4n) is 3.90. The van der Waals surface area contributed by atoms with Gasteiger partial charge >= 0.3 is 0 Å². The molecule has 1 atom stereocenters. The molecule has 3 heterocycles. The van der Waals surface area contributed by atoms with Crippen LogP contribution in [-0.4, -0.2) is 30.5 Å². The Morgan fingerprint density at radius 1 is 1.17 bits per heavy atom. The van der Waals surface area contributed by atoms with Crippen LogP contribution in [0.5, 0.6) is 0 Å². The lowest BCUT2D eigenvalue weighted by Gasteiger charge is -2.32. The van der Waals surface area contributed by atoms with Gasteiger partial charge in [0.15, 0.2) is 11.6 Å². The summed E-state index contributed by atoms with van der Waals surface area (Å²) in [5.74, 6) is 1.04. The molecule has 1 aliphatic carbocycles. The van der Waals surface area contributed by atoms with Crippen LogP contribution >= 0.6 is 0 Å². The highest BCUT2D eigenvalue weighted by atomic mass is 16.6. The zero-order valence-electron chi connectivity index (χ0n) is 15.3. The molecule has 0 saturated carbocycles. The largest absolute Gasteiger partial charge is 0.328 e. The Balaban J connectivity index is 1.69. The average molecular weight is 388 g/mol. The number of hydrogen-bond acceptors (Lipinski definition) is 7. The molecule has 9 heteroatoms. The number of nitro benzene ring substituents is 1. The van der Waals surface area contributed by atoms with Crippen molar-refractivity contribution in [3.63, 3.8) is 0 Å². The van der Waals surface area contributed by atoms with Crippen molar-refractivity contribution in [3.05, 3.63) is 75.7 Å². The van der Waals surface area contributed by atoms with E-state index < -0.39 is 11.0 Å². The highest BCUT2D eigenvalue weighted by molar-refractivity contribution is 5.99. The van der Waals surface area contributed by atoms with Crippen LogP contribution < -0.4 is 5.32 Å². The summed E-state index contributed by atoms with van der Waals surface area (Å²) in [4.78, 5) is 32.3. The van der Waals surface area contributed by atoms with Gasteiger partial charge in [0.05, 0.1) is 4.92 Å². The molecule has 5 rings (SSSR count). The Bertz CT molecular complexity index is 1170. The fourth-order valence-corrected chi connectivity index (χ4v) is 3.90. The maximum absolute atomic E-state index is 12.8. The zero-order chi connectivity index (χ0) is 20.0. The number of nitrogens with zero attached hydrogens (tertiary/aromatic N) is 5. The monoisotopic (exact) mass is 388 g/mol. The molecule has 0 spiro atoms. The lowest BCUT2D eigenvalue weighted by Crippen LogP contribution is -2.31. The first kappa shape index (κ1) is 17.2. The van der Waals surface area contributed by atoms with E-state index in [-0.39, 0.29) is 11.5 Å². The molecule has 29 heavy (non-hydrogen) atoms. The number of hydrogen-bond donors (Lipinski definition) is 1. The Hall–Kier alpha value is -3.88. The van der Waals surface area contributed by atoms with E-state index in [9.17, 15) is 14.9 Å². The molecular formula is C20H16N6O3. The molecule has 3 aromatic rings. The standard InChI is InChI=1S/C20H16N6O3/c27-16-6-2-5-15-17(16)18(13-3-1-4-14(11-13)26(28)29)25-20(22-15)23-19(24-25)12-7-9-21-10-8-12/h1,3-4,7-11,18H,2,5-6H2,(H,22,23,24). The summed E-state index contributed by atoms with van der Waals surface area (Å²) < 4.78 is 1.65. The number of allylic oxidation sites excluding steroid dienone is 2. The van der Waals surface area contributed by atoms with Gasteiger partial charge in [-0.1, -0.05) is 12.1 Å². The summed E-state index contributed by atoms with van der Waals surface area (Å²) >= 11 is 0. The SMILES string of the molecule is O=C1CCCC2=C1C(c1cccc([N+](=O)[O-])c1)n1nc(-c3ccncc3)nc1N2. The number of aromatic nitrogens is 4. The molecule has 144 valence electrons. The average Bonchev–Trinajstić information content (AvgIpc) is 3.17. The van der Waals surface area contributed by atoms with Crippen molar-refractivity contribution in [3.8, 4) is 11.4 Å². The first-order valence-corrected chi connectivity index (χ1v) is 9.26. The van der Waals surface area contributed by atoms with E-state index in [4.69, 9.17) is 0 Å². The number of fused-ring (bicyclic) bond motifs is 1. The Labute approximate surface area is 165 Å². The first-order valence-electron chi connectivity index (χ1n) is 9.26. The number of non-ortho nitro benzene ring substituents is 1. The third kappa shape index (κ3) is 2.87. The van der Waals surface area contributed by atoms with Crippen molar-refractivity contribution >= 4 is 17.4 Å². The molecule has 0 bridgehead atoms. The second-order valence-electron chi connectivity index (χ2n) is 6.99. The number of nitro groups is 1. The summed E-state index contributed by atoms with van der Waals surface area (Å²) in [6.45, 7) is 0. The minimum atomic E-state index is -0.558. The summed E-state index contributed by atoms with van der Waals surface area (Å²) in [5.41, 5.74) is 2.83. The number of carbonyl (C=O) groups excluding carboxylic acids is 1. The van der Waals surface area contributed by atoms with Gasteiger partial charge in [-0.25, -0.2) is 4.68 Å². The molecule has 0 amide bonds. The maximum Gasteiger partial charge on any atom is 0.269 e. The number of carbonyl (C=O) groups is 1. The third-order valence-electron chi connectivity index (χ3n) is 5.20. The van der Waals surface area contributed by atoms with Gasteiger partial charge in [0, 0.05) is 47.8 Å². The molecule has 1 aliphatic heterocycles. The number of ketones is 1. The van der Waals surface area contributed by atoms with E-state index in [1.807, 2.05) is 12.1 Å². The number of rotatable bonds is 3. The van der Waals surface area contributed by atoms with E-state index >= 15 is 0 Å². The van der Waals surface area contributed by atoms with Gasteiger partial charge in [-0.05, 0) is 30.5 Å². The van der Waals surface area contributed by atoms with Crippen LogP contribution in [0.3, 0.4) is 0 Å². The van der Waals surface area contributed by atoms with Crippen molar-refractivity contribution in [1.29, 1.82) is 0 Å². The summed E-state index contributed by atoms with van der Waals surface area (Å²) in [6.07, 6.45) is 5.26. The predicted octanol–water partition coefficient (Wildman–Crippen LogP) is 3.27.